The number of amides is 3. The molecule has 1 N–H and O–H groups in total. The van der Waals surface area contributed by atoms with Crippen LogP contribution in [-0.2, 0) is 21.4 Å². The second kappa shape index (κ2) is 7.80. The van der Waals surface area contributed by atoms with E-state index in [2.05, 4.69) is 10.4 Å². The van der Waals surface area contributed by atoms with Crippen LogP contribution in [0, 0.1) is 0 Å². The molecule has 2 aliphatic heterocycles. The first kappa shape index (κ1) is 21.3. The van der Waals surface area contributed by atoms with E-state index in [0.29, 0.717) is 17.7 Å². The Morgan fingerprint density at radius 2 is 1.73 bits per heavy atom. The van der Waals surface area contributed by atoms with E-state index in [1.165, 1.54) is 9.58 Å². The molecule has 7 nitrogen and oxygen atoms in total. The zero-order valence-electron chi connectivity index (χ0n) is 17.7. The molecule has 10 heteroatoms. The van der Waals surface area contributed by atoms with Crippen molar-refractivity contribution in [2.24, 2.45) is 0 Å². The van der Waals surface area contributed by atoms with Crippen LogP contribution in [0.4, 0.5) is 0 Å². The largest absolute Gasteiger partial charge is 0.322 e. The van der Waals surface area contributed by atoms with Crippen LogP contribution in [-0.4, -0.2) is 62.0 Å². The molecular weight excluding hydrogens is 413 g/mol. The lowest BCUT2D eigenvalue weighted by molar-refractivity contribution is -0.136. The Balaban J connectivity index is 1.54. The first-order valence-electron chi connectivity index (χ1n) is 10.5. The van der Waals surface area contributed by atoms with E-state index in [1.54, 1.807) is 12.3 Å². The predicted molar refractivity (Wildman–Crippen MR) is 124 cm³/mol. The molecule has 3 heterocycles. The highest BCUT2D eigenvalue weighted by atomic mass is 16.2. The van der Waals surface area contributed by atoms with Crippen molar-refractivity contribution in [1.29, 1.82) is 0 Å². The molecule has 6 radical (unpaired) electrons. The molecule has 1 aromatic heterocycles. The molecule has 3 aromatic rings. The van der Waals surface area contributed by atoms with E-state index in [-0.39, 0.29) is 24.8 Å². The summed E-state index contributed by atoms with van der Waals surface area (Å²) >= 11 is 0. The summed E-state index contributed by atoms with van der Waals surface area (Å²) in [5.41, 5.74) is 4.35. The normalized spacial score (nSPS) is 18.4. The van der Waals surface area contributed by atoms with Gasteiger partial charge in [0.25, 0.3) is 5.91 Å². The Morgan fingerprint density at radius 3 is 2.42 bits per heavy atom. The third-order valence-corrected chi connectivity index (χ3v) is 6.02. The number of piperidine rings is 1. The number of hydrogen-bond acceptors (Lipinski definition) is 4. The van der Waals surface area contributed by atoms with Gasteiger partial charge in [0.1, 0.15) is 6.04 Å². The van der Waals surface area contributed by atoms with Crippen LogP contribution >= 0.6 is 0 Å². The maximum atomic E-state index is 13.0. The number of aromatic nitrogens is 2. The van der Waals surface area contributed by atoms with E-state index >= 15 is 0 Å². The minimum absolute atomic E-state index is 0.209. The summed E-state index contributed by atoms with van der Waals surface area (Å²) in [6, 6.07) is 14.3. The summed E-state index contributed by atoms with van der Waals surface area (Å²) in [4.78, 5) is 38.3. The van der Waals surface area contributed by atoms with Crippen LogP contribution < -0.4 is 5.32 Å². The molecule has 2 aromatic carbocycles. The summed E-state index contributed by atoms with van der Waals surface area (Å²) in [5.74, 6) is -0.982. The van der Waals surface area contributed by atoms with Gasteiger partial charge in [0, 0.05) is 29.7 Å². The zero-order chi connectivity index (χ0) is 23.3. The van der Waals surface area contributed by atoms with Crippen LogP contribution in [0.1, 0.15) is 28.8 Å². The van der Waals surface area contributed by atoms with Crippen molar-refractivity contribution in [1.82, 2.24) is 20.0 Å². The lowest BCUT2D eigenvalue weighted by atomic mass is 9.49. The van der Waals surface area contributed by atoms with Crippen LogP contribution in [0.15, 0.2) is 54.7 Å². The molecule has 5 rings (SSSR count). The van der Waals surface area contributed by atoms with Gasteiger partial charge in [-0.15, -0.1) is 0 Å². The second-order valence-corrected chi connectivity index (χ2v) is 8.34. The summed E-state index contributed by atoms with van der Waals surface area (Å²) in [6.07, 6.45) is 2.16. The molecule has 0 bridgehead atoms. The van der Waals surface area contributed by atoms with Crippen LogP contribution in [0.3, 0.4) is 0 Å². The number of fused-ring (bicyclic) bond motifs is 1. The Kier molecular flexibility index (Phi) is 5.03. The van der Waals surface area contributed by atoms with Crippen molar-refractivity contribution in [2.45, 2.75) is 30.7 Å². The summed E-state index contributed by atoms with van der Waals surface area (Å²) in [7, 11) is 17.9. The molecule has 0 spiro atoms. The maximum Gasteiger partial charge on any atom is 0.255 e. The van der Waals surface area contributed by atoms with Gasteiger partial charge < -0.3 is 4.90 Å². The second-order valence-electron chi connectivity index (χ2n) is 8.34. The van der Waals surface area contributed by atoms with Gasteiger partial charge in [-0.3, -0.25) is 24.4 Å². The quantitative estimate of drug-likeness (QED) is 0.496. The first-order chi connectivity index (χ1) is 15.7. The first-order valence-corrected chi connectivity index (χ1v) is 10.5. The topological polar surface area (TPSA) is 84.3 Å². The number of benzene rings is 2. The average Bonchev–Trinajstić information content (AvgIpc) is 3.36. The molecule has 1 unspecified atom stereocenters. The third-order valence-electron chi connectivity index (χ3n) is 6.02. The Labute approximate surface area is 194 Å². The van der Waals surface area contributed by atoms with Crippen molar-refractivity contribution in [3.8, 4) is 22.4 Å². The van der Waals surface area contributed by atoms with Gasteiger partial charge >= 0.3 is 0 Å². The monoisotopic (exact) mass is 430 g/mol. The fraction of sp³-hybridized carbons (Fsp3) is 0.217. The smallest absolute Gasteiger partial charge is 0.255 e. The van der Waals surface area contributed by atoms with Crippen molar-refractivity contribution >= 4 is 41.3 Å². The Hall–Kier alpha value is -3.55. The number of nitrogens with zero attached hydrogens (tertiary/aromatic N) is 3. The van der Waals surface area contributed by atoms with E-state index in [4.69, 9.17) is 23.5 Å². The van der Waals surface area contributed by atoms with Crippen LogP contribution in [0.2, 0.25) is 0 Å². The molecule has 0 aliphatic carbocycles. The predicted octanol–water partition coefficient (Wildman–Crippen LogP) is 1.05. The SMILES string of the molecule is [B]C([B])([B])n1ncc(-c2ccc3c(c2)CN(C2CCC(=O)NC2=O)C3=O)c1-c1ccccc1. The summed E-state index contributed by atoms with van der Waals surface area (Å²) in [6.45, 7) is 0.275. The molecule has 3 amide bonds. The molecule has 1 saturated heterocycles. The average molecular weight is 430 g/mol. The fourth-order valence-electron chi connectivity index (χ4n) is 4.47. The van der Waals surface area contributed by atoms with Gasteiger partial charge in [-0.1, -0.05) is 36.4 Å². The van der Waals surface area contributed by atoms with Gasteiger partial charge in [0.15, 0.2) is 0 Å². The van der Waals surface area contributed by atoms with Crippen LogP contribution in [0.5, 0.6) is 0 Å². The van der Waals surface area contributed by atoms with E-state index in [9.17, 15) is 14.4 Å². The van der Waals surface area contributed by atoms with E-state index in [0.717, 1.165) is 22.3 Å². The van der Waals surface area contributed by atoms with Crippen molar-refractivity contribution in [3.05, 3.63) is 65.9 Å². The van der Waals surface area contributed by atoms with Gasteiger partial charge in [0.2, 0.25) is 11.8 Å². The minimum atomic E-state index is -1.71. The number of rotatable bonds is 4. The fourth-order valence-corrected chi connectivity index (χ4v) is 4.47. The zero-order valence-corrected chi connectivity index (χ0v) is 17.7. The highest BCUT2D eigenvalue weighted by Gasteiger charge is 2.39. The van der Waals surface area contributed by atoms with Gasteiger partial charge in [-0.2, -0.15) is 5.10 Å². The molecule has 1 atom stereocenters. The summed E-state index contributed by atoms with van der Waals surface area (Å²) < 4.78 is 1.37. The van der Waals surface area contributed by atoms with Crippen molar-refractivity contribution in [2.75, 3.05) is 0 Å². The minimum Gasteiger partial charge on any atom is -0.322 e. The van der Waals surface area contributed by atoms with E-state index < -0.39 is 17.2 Å². The molecule has 156 valence electrons. The summed E-state index contributed by atoms with van der Waals surface area (Å²) in [5, 5.41) is 4.94. The number of hydrogen-bond donors (Lipinski definition) is 1. The Morgan fingerprint density at radius 1 is 0.970 bits per heavy atom. The van der Waals surface area contributed by atoms with Gasteiger partial charge in [-0.05, 0) is 34.9 Å². The standard InChI is InChI=1S/C23H17B3N4O3/c24-23(25,26)30-20(13-4-2-1-3-5-13)17(11-27-30)14-6-7-16-15(10-14)12-29(22(16)33)18-8-9-19(31)28-21(18)32/h1-7,10-11,18H,8-9,12H2,(H,28,31,32). The Bertz CT molecular complexity index is 1280. The molecule has 1 fully saturated rings. The maximum absolute atomic E-state index is 13.0. The lowest BCUT2D eigenvalue weighted by Gasteiger charge is -2.29. The molecule has 0 saturated carbocycles. The van der Waals surface area contributed by atoms with Crippen LogP contribution in [0.25, 0.3) is 22.4 Å². The number of nitrogens with one attached hydrogen (secondary N) is 1. The molecular formula is C23H17B3N4O3. The van der Waals surface area contributed by atoms with Gasteiger partial charge in [0.05, 0.1) is 35.4 Å². The van der Waals surface area contributed by atoms with Gasteiger partial charge in [-0.25, -0.2) is 0 Å². The number of carbonyl (C=O) groups is 3. The number of carbonyl (C=O) groups excluding carboxylic acids is 3. The molecule has 2 aliphatic rings. The molecule has 33 heavy (non-hydrogen) atoms. The highest BCUT2D eigenvalue weighted by molar-refractivity contribution is 6.56. The third kappa shape index (κ3) is 3.69. The van der Waals surface area contributed by atoms with Crippen molar-refractivity contribution in [3.63, 3.8) is 0 Å². The highest BCUT2D eigenvalue weighted by Crippen LogP contribution is 2.36. The lowest BCUT2D eigenvalue weighted by Crippen LogP contribution is -2.52. The van der Waals surface area contributed by atoms with E-state index in [1.807, 2.05) is 42.5 Å². The van der Waals surface area contributed by atoms with Crippen molar-refractivity contribution < 1.29 is 14.4 Å². The number of imide groups is 1.